The van der Waals surface area contributed by atoms with Gasteiger partial charge in [0.15, 0.2) is 11.5 Å². The molecule has 0 bridgehead atoms. The lowest BCUT2D eigenvalue weighted by Gasteiger charge is -2.15. The third-order valence-corrected chi connectivity index (χ3v) is 3.98. The van der Waals surface area contributed by atoms with Crippen LogP contribution in [-0.4, -0.2) is 23.4 Å². The lowest BCUT2D eigenvalue weighted by molar-refractivity contribution is 0.297. The van der Waals surface area contributed by atoms with Crippen molar-refractivity contribution in [2.24, 2.45) is 0 Å². The van der Waals surface area contributed by atoms with E-state index in [0.717, 1.165) is 42.2 Å². The normalized spacial score (nSPS) is 18.6. The molecule has 1 aromatic heterocycles. The summed E-state index contributed by atoms with van der Waals surface area (Å²) >= 11 is 0. The van der Waals surface area contributed by atoms with Crippen LogP contribution in [0.2, 0.25) is 0 Å². The molecule has 2 aromatic rings. The molecule has 6 heteroatoms. The van der Waals surface area contributed by atoms with Gasteiger partial charge in [0.05, 0.1) is 19.3 Å². The predicted molar refractivity (Wildman–Crippen MR) is 80.4 cm³/mol. The summed E-state index contributed by atoms with van der Waals surface area (Å²) < 4.78 is 17.0. The summed E-state index contributed by atoms with van der Waals surface area (Å²) in [5.74, 6) is 2.82. The number of anilines is 1. The van der Waals surface area contributed by atoms with Crippen LogP contribution in [0.15, 0.2) is 22.6 Å². The van der Waals surface area contributed by atoms with Crippen molar-refractivity contribution in [3.63, 3.8) is 0 Å². The Morgan fingerprint density at radius 1 is 1.14 bits per heavy atom. The molecule has 1 fully saturated rings. The number of fused-ring (bicyclic) bond motifs is 1. The molecule has 0 amide bonds. The Labute approximate surface area is 128 Å². The molecule has 0 spiro atoms. The van der Waals surface area contributed by atoms with Crippen LogP contribution >= 0.6 is 0 Å². The van der Waals surface area contributed by atoms with Gasteiger partial charge in [-0.1, -0.05) is 11.2 Å². The van der Waals surface area contributed by atoms with Gasteiger partial charge in [-0.2, -0.15) is 0 Å². The van der Waals surface area contributed by atoms with E-state index in [0.29, 0.717) is 25.1 Å². The topological polar surface area (TPSA) is 69.4 Å². The smallest absolute Gasteiger partial charge is 0.315 e. The zero-order valence-electron chi connectivity index (χ0n) is 12.5. The quantitative estimate of drug-likeness (QED) is 0.934. The highest BCUT2D eigenvalue weighted by Crippen LogP contribution is 2.40. The van der Waals surface area contributed by atoms with Crippen LogP contribution < -0.4 is 14.8 Å². The minimum Gasteiger partial charge on any atom is -0.490 e. The maximum atomic E-state index is 5.73. The standard InChI is InChI=1S/C16H19N3O3/c1-10(17-16-19-18-15(22-16)11-3-4-11)12-5-6-13-14(9-12)21-8-2-7-20-13/h5-6,9-11H,2-4,7-8H2,1H3,(H,17,19)/t10-/m0/s1. The molecule has 1 N–H and O–H groups in total. The van der Waals surface area contributed by atoms with Crippen molar-refractivity contribution < 1.29 is 13.9 Å². The Bertz CT molecular complexity index is 666. The van der Waals surface area contributed by atoms with Gasteiger partial charge in [-0.05, 0) is 37.5 Å². The first-order valence-electron chi connectivity index (χ1n) is 7.79. The lowest BCUT2D eigenvalue weighted by Crippen LogP contribution is -2.07. The van der Waals surface area contributed by atoms with E-state index < -0.39 is 0 Å². The number of aromatic nitrogens is 2. The predicted octanol–water partition coefficient (Wildman–Crippen LogP) is 3.28. The number of benzene rings is 1. The van der Waals surface area contributed by atoms with Crippen LogP contribution in [0.25, 0.3) is 0 Å². The van der Waals surface area contributed by atoms with Crippen LogP contribution in [0.1, 0.15) is 49.6 Å². The van der Waals surface area contributed by atoms with E-state index in [4.69, 9.17) is 13.9 Å². The second-order valence-corrected chi connectivity index (χ2v) is 5.84. The van der Waals surface area contributed by atoms with E-state index in [1.54, 1.807) is 0 Å². The number of rotatable bonds is 4. The molecule has 1 saturated carbocycles. The maximum Gasteiger partial charge on any atom is 0.315 e. The highest BCUT2D eigenvalue weighted by Gasteiger charge is 2.29. The molecule has 0 radical (unpaired) electrons. The van der Waals surface area contributed by atoms with Crippen molar-refractivity contribution in [2.45, 2.75) is 38.1 Å². The molecular weight excluding hydrogens is 282 g/mol. The van der Waals surface area contributed by atoms with Gasteiger partial charge < -0.3 is 19.2 Å². The summed E-state index contributed by atoms with van der Waals surface area (Å²) in [6.07, 6.45) is 3.21. The van der Waals surface area contributed by atoms with Gasteiger partial charge in [0.1, 0.15) is 0 Å². The van der Waals surface area contributed by atoms with E-state index in [2.05, 4.69) is 22.4 Å². The molecule has 0 unspecified atom stereocenters. The van der Waals surface area contributed by atoms with Crippen LogP contribution in [0.5, 0.6) is 11.5 Å². The molecule has 2 aliphatic rings. The second-order valence-electron chi connectivity index (χ2n) is 5.84. The Kier molecular flexibility index (Phi) is 3.36. The van der Waals surface area contributed by atoms with Crippen molar-refractivity contribution >= 4 is 6.01 Å². The number of hydrogen-bond acceptors (Lipinski definition) is 6. The molecule has 116 valence electrons. The fraction of sp³-hybridized carbons (Fsp3) is 0.500. The molecule has 22 heavy (non-hydrogen) atoms. The van der Waals surface area contributed by atoms with E-state index >= 15 is 0 Å². The molecule has 4 rings (SSSR count). The average Bonchev–Trinajstić information content (AvgIpc) is 3.31. The summed E-state index contributed by atoms with van der Waals surface area (Å²) in [5, 5.41) is 11.4. The van der Waals surface area contributed by atoms with Gasteiger partial charge in [0.25, 0.3) is 0 Å². The van der Waals surface area contributed by atoms with E-state index in [9.17, 15) is 0 Å². The lowest BCUT2D eigenvalue weighted by atomic mass is 10.1. The maximum absolute atomic E-state index is 5.73. The molecule has 0 saturated heterocycles. The fourth-order valence-corrected chi connectivity index (χ4v) is 2.51. The second kappa shape index (κ2) is 5.51. The number of hydrogen-bond donors (Lipinski definition) is 1. The third kappa shape index (κ3) is 2.73. The SMILES string of the molecule is C[C@H](Nc1nnc(C2CC2)o1)c1ccc2c(c1)OCCCO2. The minimum atomic E-state index is 0.0460. The summed E-state index contributed by atoms with van der Waals surface area (Å²) in [6.45, 7) is 3.44. The minimum absolute atomic E-state index is 0.0460. The summed E-state index contributed by atoms with van der Waals surface area (Å²) in [7, 11) is 0. The van der Waals surface area contributed by atoms with Crippen LogP contribution in [0.3, 0.4) is 0 Å². The first-order chi connectivity index (χ1) is 10.8. The van der Waals surface area contributed by atoms with Crippen LogP contribution in [-0.2, 0) is 0 Å². The molecular formula is C16H19N3O3. The Balaban J connectivity index is 1.49. The fourth-order valence-electron chi connectivity index (χ4n) is 2.51. The van der Waals surface area contributed by atoms with Gasteiger partial charge in [-0.3, -0.25) is 0 Å². The third-order valence-electron chi connectivity index (χ3n) is 3.98. The molecule has 1 atom stereocenters. The molecule has 2 heterocycles. The number of nitrogens with zero attached hydrogens (tertiary/aromatic N) is 2. The Morgan fingerprint density at radius 2 is 1.95 bits per heavy atom. The summed E-state index contributed by atoms with van der Waals surface area (Å²) in [4.78, 5) is 0. The van der Waals surface area contributed by atoms with Crippen molar-refractivity contribution in [2.75, 3.05) is 18.5 Å². The molecule has 1 aliphatic heterocycles. The zero-order chi connectivity index (χ0) is 14.9. The highest BCUT2D eigenvalue weighted by molar-refractivity contribution is 5.45. The van der Waals surface area contributed by atoms with Crippen molar-refractivity contribution in [3.8, 4) is 11.5 Å². The molecule has 1 aliphatic carbocycles. The summed E-state index contributed by atoms with van der Waals surface area (Å²) in [5.41, 5.74) is 1.09. The Hall–Kier alpha value is -2.24. The van der Waals surface area contributed by atoms with E-state index in [1.165, 1.54) is 0 Å². The molecule has 1 aromatic carbocycles. The van der Waals surface area contributed by atoms with Gasteiger partial charge in [0.2, 0.25) is 5.89 Å². The first-order valence-corrected chi connectivity index (χ1v) is 7.79. The van der Waals surface area contributed by atoms with Crippen molar-refractivity contribution in [3.05, 3.63) is 29.7 Å². The highest BCUT2D eigenvalue weighted by atomic mass is 16.5. The molecule has 6 nitrogen and oxygen atoms in total. The van der Waals surface area contributed by atoms with Crippen LogP contribution in [0, 0.1) is 0 Å². The van der Waals surface area contributed by atoms with Crippen molar-refractivity contribution in [1.82, 2.24) is 10.2 Å². The zero-order valence-corrected chi connectivity index (χ0v) is 12.5. The van der Waals surface area contributed by atoms with Gasteiger partial charge in [-0.15, -0.1) is 5.10 Å². The van der Waals surface area contributed by atoms with E-state index in [-0.39, 0.29) is 6.04 Å². The largest absolute Gasteiger partial charge is 0.490 e. The van der Waals surface area contributed by atoms with E-state index in [1.807, 2.05) is 18.2 Å². The van der Waals surface area contributed by atoms with Gasteiger partial charge in [0, 0.05) is 12.3 Å². The Morgan fingerprint density at radius 3 is 2.77 bits per heavy atom. The monoisotopic (exact) mass is 301 g/mol. The summed E-state index contributed by atoms with van der Waals surface area (Å²) in [6, 6.07) is 6.52. The van der Waals surface area contributed by atoms with Gasteiger partial charge >= 0.3 is 6.01 Å². The van der Waals surface area contributed by atoms with Gasteiger partial charge in [-0.25, -0.2) is 0 Å². The number of nitrogens with one attached hydrogen (secondary N) is 1. The first kappa shape index (κ1) is 13.4. The number of ether oxygens (including phenoxy) is 2. The van der Waals surface area contributed by atoms with Crippen LogP contribution in [0.4, 0.5) is 6.01 Å². The van der Waals surface area contributed by atoms with Crippen molar-refractivity contribution in [1.29, 1.82) is 0 Å². The average molecular weight is 301 g/mol.